The first-order valence-corrected chi connectivity index (χ1v) is 10.5. The van der Waals surface area contributed by atoms with Crippen molar-refractivity contribution in [3.05, 3.63) is 83.7 Å². The fraction of sp³-hybridized carbons (Fsp3) is 0.231. The number of carbonyl (C=O) groups is 1. The number of imidazole rings is 1. The Balaban J connectivity index is 1.42. The van der Waals surface area contributed by atoms with E-state index in [1.807, 2.05) is 53.9 Å². The zero-order valence-corrected chi connectivity index (χ0v) is 18.2. The molecule has 0 aliphatic heterocycles. The Morgan fingerprint density at radius 3 is 2.45 bits per heavy atom. The third kappa shape index (κ3) is 4.77. The molecule has 5 nitrogen and oxygen atoms in total. The van der Waals surface area contributed by atoms with Crippen LogP contribution in [0.4, 0.5) is 5.69 Å². The van der Waals surface area contributed by atoms with Crippen LogP contribution in [0.1, 0.15) is 29.7 Å². The number of nitrogens with zero attached hydrogens (tertiary/aromatic N) is 2. The lowest BCUT2D eigenvalue weighted by molar-refractivity contribution is -0.116. The van der Waals surface area contributed by atoms with Crippen molar-refractivity contribution in [3.63, 3.8) is 0 Å². The number of fused-ring (bicyclic) bond motifs is 1. The van der Waals surface area contributed by atoms with Gasteiger partial charge in [0.15, 0.2) is 0 Å². The summed E-state index contributed by atoms with van der Waals surface area (Å²) in [6.07, 6.45) is 4.15. The van der Waals surface area contributed by atoms with Crippen LogP contribution in [0.25, 0.3) is 16.9 Å². The second-order valence-corrected chi connectivity index (χ2v) is 7.81. The van der Waals surface area contributed by atoms with E-state index in [0.29, 0.717) is 6.42 Å². The van der Waals surface area contributed by atoms with Gasteiger partial charge >= 0.3 is 0 Å². The Morgan fingerprint density at radius 1 is 1.00 bits per heavy atom. The summed E-state index contributed by atoms with van der Waals surface area (Å²) in [5.41, 5.74) is 7.11. The van der Waals surface area contributed by atoms with Gasteiger partial charge in [-0.3, -0.25) is 4.79 Å². The molecule has 31 heavy (non-hydrogen) atoms. The molecule has 4 aromatic rings. The van der Waals surface area contributed by atoms with Crippen molar-refractivity contribution in [2.45, 2.75) is 33.1 Å². The molecule has 4 rings (SSSR count). The summed E-state index contributed by atoms with van der Waals surface area (Å²) in [6, 6.07) is 20.2. The molecule has 2 aromatic carbocycles. The first-order valence-electron chi connectivity index (χ1n) is 10.5. The highest BCUT2D eigenvalue weighted by Crippen LogP contribution is 2.26. The zero-order chi connectivity index (χ0) is 21.8. The molecule has 0 unspecified atom stereocenters. The van der Waals surface area contributed by atoms with E-state index in [2.05, 4.69) is 36.5 Å². The van der Waals surface area contributed by atoms with Crippen molar-refractivity contribution in [3.8, 4) is 17.0 Å². The summed E-state index contributed by atoms with van der Waals surface area (Å²) < 4.78 is 7.25. The van der Waals surface area contributed by atoms with Crippen LogP contribution in [-0.4, -0.2) is 22.4 Å². The molecule has 0 saturated heterocycles. The highest BCUT2D eigenvalue weighted by atomic mass is 16.5. The lowest BCUT2D eigenvalue weighted by Gasteiger charge is -2.07. The Bertz CT molecular complexity index is 1190. The van der Waals surface area contributed by atoms with Crippen LogP contribution in [0.15, 0.2) is 66.9 Å². The van der Waals surface area contributed by atoms with Crippen LogP contribution < -0.4 is 10.1 Å². The Hall–Kier alpha value is -3.60. The highest BCUT2D eigenvalue weighted by molar-refractivity contribution is 5.90. The van der Waals surface area contributed by atoms with Crippen molar-refractivity contribution < 1.29 is 9.53 Å². The zero-order valence-electron chi connectivity index (χ0n) is 18.2. The molecule has 1 N–H and O–H groups in total. The molecule has 2 aromatic heterocycles. The van der Waals surface area contributed by atoms with E-state index in [4.69, 9.17) is 9.72 Å². The summed E-state index contributed by atoms with van der Waals surface area (Å²) >= 11 is 0. The van der Waals surface area contributed by atoms with Crippen LogP contribution in [0.2, 0.25) is 0 Å². The molecule has 0 aliphatic carbocycles. The number of amides is 1. The predicted octanol–water partition coefficient (Wildman–Crippen LogP) is 5.59. The number of anilines is 1. The summed E-state index contributed by atoms with van der Waals surface area (Å²) in [6.45, 7) is 4.11. The minimum atomic E-state index is 0.0274. The van der Waals surface area contributed by atoms with E-state index < -0.39 is 0 Å². The quantitative estimate of drug-likeness (QED) is 0.430. The summed E-state index contributed by atoms with van der Waals surface area (Å²) in [7, 11) is 1.66. The minimum absolute atomic E-state index is 0.0274. The average molecular weight is 414 g/mol. The van der Waals surface area contributed by atoms with Crippen molar-refractivity contribution in [2.75, 3.05) is 12.4 Å². The van der Waals surface area contributed by atoms with E-state index >= 15 is 0 Å². The lowest BCUT2D eigenvalue weighted by atomic mass is 10.1. The number of ether oxygens (including phenoxy) is 1. The Kier molecular flexibility index (Phi) is 6.03. The molecule has 0 spiro atoms. The maximum absolute atomic E-state index is 12.4. The number of rotatable bonds is 7. The largest absolute Gasteiger partial charge is 0.497 e. The van der Waals surface area contributed by atoms with E-state index in [1.165, 1.54) is 11.1 Å². The van der Waals surface area contributed by atoms with Gasteiger partial charge in [-0.2, -0.15) is 0 Å². The third-order valence-corrected chi connectivity index (χ3v) is 5.49. The molecule has 0 aliphatic rings. The van der Waals surface area contributed by atoms with Crippen LogP contribution in [-0.2, 0) is 11.2 Å². The van der Waals surface area contributed by atoms with Gasteiger partial charge in [-0.05, 0) is 68.7 Å². The highest BCUT2D eigenvalue weighted by Gasteiger charge is 2.12. The number of aromatic nitrogens is 2. The molecular formula is C26H27N3O2. The first-order chi connectivity index (χ1) is 15.0. The maximum atomic E-state index is 12.4. The summed E-state index contributed by atoms with van der Waals surface area (Å²) in [5, 5.41) is 3.02. The van der Waals surface area contributed by atoms with Gasteiger partial charge in [-0.1, -0.05) is 29.8 Å². The van der Waals surface area contributed by atoms with Crippen LogP contribution in [0.3, 0.4) is 0 Å². The van der Waals surface area contributed by atoms with E-state index in [9.17, 15) is 4.79 Å². The molecule has 1 amide bonds. The second kappa shape index (κ2) is 9.04. The van der Waals surface area contributed by atoms with Crippen LogP contribution >= 0.6 is 0 Å². The van der Waals surface area contributed by atoms with Gasteiger partial charge in [-0.15, -0.1) is 0 Å². The molecule has 158 valence electrons. The molecule has 5 heteroatoms. The monoisotopic (exact) mass is 413 g/mol. The molecule has 0 fully saturated rings. The predicted molar refractivity (Wildman–Crippen MR) is 125 cm³/mol. The first kappa shape index (κ1) is 20.7. The van der Waals surface area contributed by atoms with Gasteiger partial charge in [0.25, 0.3) is 0 Å². The standard InChI is InChI=1S/C26H27N3O2/c1-18-7-9-20(10-8-18)5-4-6-25(30)27-22-13-16-24-28-26(19(2)29(24)17-22)21-11-14-23(31-3)15-12-21/h7-17H,4-6H2,1-3H3,(H,27,30). The summed E-state index contributed by atoms with van der Waals surface area (Å²) in [5.74, 6) is 0.845. The fourth-order valence-corrected chi connectivity index (χ4v) is 3.69. The van der Waals surface area contributed by atoms with Gasteiger partial charge < -0.3 is 14.5 Å². The molecule has 0 bridgehead atoms. The molecule has 2 heterocycles. The van der Waals surface area contributed by atoms with E-state index in [-0.39, 0.29) is 5.91 Å². The van der Waals surface area contributed by atoms with Gasteiger partial charge in [0.2, 0.25) is 5.91 Å². The average Bonchev–Trinajstić information content (AvgIpc) is 3.11. The molecular weight excluding hydrogens is 386 g/mol. The minimum Gasteiger partial charge on any atom is -0.497 e. The number of benzene rings is 2. The topological polar surface area (TPSA) is 55.6 Å². The van der Waals surface area contributed by atoms with Crippen molar-refractivity contribution >= 4 is 17.2 Å². The normalized spacial score (nSPS) is 10.9. The number of hydrogen-bond acceptors (Lipinski definition) is 3. The lowest BCUT2D eigenvalue weighted by Crippen LogP contribution is -2.12. The van der Waals surface area contributed by atoms with Gasteiger partial charge in [-0.25, -0.2) is 4.98 Å². The molecule has 0 radical (unpaired) electrons. The van der Waals surface area contributed by atoms with E-state index in [1.54, 1.807) is 7.11 Å². The fourth-order valence-electron chi connectivity index (χ4n) is 3.69. The third-order valence-electron chi connectivity index (χ3n) is 5.49. The maximum Gasteiger partial charge on any atom is 0.224 e. The second-order valence-electron chi connectivity index (χ2n) is 7.81. The number of carbonyl (C=O) groups excluding carboxylic acids is 1. The van der Waals surface area contributed by atoms with Gasteiger partial charge in [0.05, 0.1) is 18.5 Å². The smallest absolute Gasteiger partial charge is 0.224 e. The number of methoxy groups -OCH3 is 1. The van der Waals surface area contributed by atoms with Crippen molar-refractivity contribution in [1.82, 2.24) is 9.38 Å². The van der Waals surface area contributed by atoms with Gasteiger partial charge in [0, 0.05) is 23.9 Å². The number of nitrogens with one attached hydrogen (secondary N) is 1. The van der Waals surface area contributed by atoms with Crippen molar-refractivity contribution in [2.24, 2.45) is 0 Å². The van der Waals surface area contributed by atoms with Crippen molar-refractivity contribution in [1.29, 1.82) is 0 Å². The SMILES string of the molecule is COc1ccc(-c2nc3ccc(NC(=O)CCCc4ccc(C)cc4)cn3c2C)cc1. The number of aryl methyl sites for hydroxylation is 3. The molecule has 0 saturated carbocycles. The Labute approximate surface area is 182 Å². The summed E-state index contributed by atoms with van der Waals surface area (Å²) in [4.78, 5) is 17.2. The Morgan fingerprint density at radius 2 is 1.74 bits per heavy atom. The van der Waals surface area contributed by atoms with Crippen LogP contribution in [0.5, 0.6) is 5.75 Å². The van der Waals surface area contributed by atoms with Gasteiger partial charge in [0.1, 0.15) is 11.4 Å². The number of pyridine rings is 1. The van der Waals surface area contributed by atoms with E-state index in [0.717, 1.165) is 46.9 Å². The van der Waals surface area contributed by atoms with Crippen LogP contribution in [0, 0.1) is 13.8 Å². The number of hydrogen-bond donors (Lipinski definition) is 1. The molecule has 0 atom stereocenters.